The van der Waals surface area contributed by atoms with Gasteiger partial charge in [-0.2, -0.15) is 4.98 Å². The Morgan fingerprint density at radius 2 is 2.45 bits per heavy atom. The van der Waals surface area contributed by atoms with E-state index in [1.807, 2.05) is 0 Å². The van der Waals surface area contributed by atoms with Gasteiger partial charge in [0.25, 0.3) is 0 Å². The molecule has 2 rings (SSSR count). The molecule has 114 valence electrons. The third-order valence-electron chi connectivity index (χ3n) is 3.72. The smallest absolute Gasteiger partial charge is 0.227 e. The van der Waals surface area contributed by atoms with Gasteiger partial charge in [0.15, 0.2) is 6.33 Å². The third-order valence-corrected chi connectivity index (χ3v) is 3.72. The number of aliphatic hydroxyl groups is 1. The minimum absolute atomic E-state index is 0.326. The summed E-state index contributed by atoms with van der Waals surface area (Å²) in [5.41, 5.74) is 0. The zero-order chi connectivity index (χ0) is 14.2. The van der Waals surface area contributed by atoms with E-state index in [0.717, 1.165) is 18.8 Å². The van der Waals surface area contributed by atoms with Crippen LogP contribution in [0.5, 0.6) is 0 Å². The Bertz CT molecular complexity index is 359. The van der Waals surface area contributed by atoms with E-state index in [2.05, 4.69) is 22.4 Å². The Balaban J connectivity index is 1.50. The summed E-state index contributed by atoms with van der Waals surface area (Å²) in [7, 11) is 0. The molecule has 1 heterocycles. The Labute approximate surface area is 119 Å². The number of aliphatic hydroxyl groups excluding tert-OH is 1. The van der Waals surface area contributed by atoms with E-state index in [-0.39, 0.29) is 0 Å². The molecule has 6 heteroatoms. The molecule has 3 unspecified atom stereocenters. The van der Waals surface area contributed by atoms with Crippen LogP contribution in [0, 0.1) is 5.92 Å². The minimum Gasteiger partial charge on any atom is -0.389 e. The molecule has 0 aliphatic heterocycles. The van der Waals surface area contributed by atoms with Crippen LogP contribution >= 0.6 is 0 Å². The number of nitrogens with one attached hydrogen (secondary N) is 1. The number of aromatic nitrogens is 2. The molecule has 1 aromatic heterocycles. The highest BCUT2D eigenvalue weighted by Gasteiger charge is 2.20. The van der Waals surface area contributed by atoms with Crippen molar-refractivity contribution < 1.29 is 14.4 Å². The fraction of sp³-hybridized carbons (Fsp3) is 0.857. The molecular weight excluding hydrogens is 258 g/mol. The maximum atomic E-state index is 9.86. The Morgan fingerprint density at radius 1 is 1.55 bits per heavy atom. The summed E-state index contributed by atoms with van der Waals surface area (Å²) in [6.45, 7) is 3.91. The molecule has 0 radical (unpaired) electrons. The van der Waals surface area contributed by atoms with Crippen molar-refractivity contribution in [1.29, 1.82) is 0 Å². The average Bonchev–Trinajstić information content (AvgIpc) is 2.95. The Kier molecular flexibility index (Phi) is 6.42. The van der Waals surface area contributed by atoms with Crippen LogP contribution in [0.4, 0.5) is 0 Å². The van der Waals surface area contributed by atoms with Crippen molar-refractivity contribution in [3.8, 4) is 0 Å². The first kappa shape index (κ1) is 15.4. The van der Waals surface area contributed by atoms with E-state index >= 15 is 0 Å². The molecule has 6 nitrogen and oxygen atoms in total. The first-order chi connectivity index (χ1) is 9.74. The van der Waals surface area contributed by atoms with Gasteiger partial charge in [0.2, 0.25) is 5.89 Å². The highest BCUT2D eigenvalue weighted by molar-refractivity contribution is 4.75. The van der Waals surface area contributed by atoms with Gasteiger partial charge in [-0.15, -0.1) is 0 Å². The van der Waals surface area contributed by atoms with Crippen molar-refractivity contribution in [3.63, 3.8) is 0 Å². The van der Waals surface area contributed by atoms with E-state index in [0.29, 0.717) is 38.1 Å². The lowest BCUT2D eigenvalue weighted by Crippen LogP contribution is -2.34. The monoisotopic (exact) mass is 283 g/mol. The number of ether oxygens (including phenoxy) is 1. The van der Waals surface area contributed by atoms with Crippen molar-refractivity contribution in [1.82, 2.24) is 15.5 Å². The maximum Gasteiger partial charge on any atom is 0.227 e. The second-order valence-electron chi connectivity index (χ2n) is 5.67. The molecule has 1 fully saturated rings. The summed E-state index contributed by atoms with van der Waals surface area (Å²) < 4.78 is 10.7. The summed E-state index contributed by atoms with van der Waals surface area (Å²) in [5, 5.41) is 16.6. The second-order valence-corrected chi connectivity index (χ2v) is 5.67. The summed E-state index contributed by atoms with van der Waals surface area (Å²) in [4.78, 5) is 3.93. The summed E-state index contributed by atoms with van der Waals surface area (Å²) in [6, 6.07) is 0. The Morgan fingerprint density at radius 3 is 3.20 bits per heavy atom. The molecule has 0 bridgehead atoms. The molecule has 3 atom stereocenters. The van der Waals surface area contributed by atoms with Gasteiger partial charge in [-0.1, -0.05) is 24.9 Å². The van der Waals surface area contributed by atoms with Crippen LogP contribution in [0.25, 0.3) is 0 Å². The van der Waals surface area contributed by atoms with Gasteiger partial charge in [-0.3, -0.25) is 0 Å². The topological polar surface area (TPSA) is 80.4 Å². The molecule has 1 aliphatic rings. The predicted molar refractivity (Wildman–Crippen MR) is 74.3 cm³/mol. The lowest BCUT2D eigenvalue weighted by atomic mass is 9.89. The predicted octanol–water partition coefficient (Wildman–Crippen LogP) is 1.16. The van der Waals surface area contributed by atoms with Crippen LogP contribution in [0.2, 0.25) is 0 Å². The van der Waals surface area contributed by atoms with Gasteiger partial charge >= 0.3 is 0 Å². The van der Waals surface area contributed by atoms with Crippen LogP contribution in [0.15, 0.2) is 10.9 Å². The number of rotatable bonds is 8. The highest BCUT2D eigenvalue weighted by atomic mass is 16.5. The van der Waals surface area contributed by atoms with E-state index in [1.165, 1.54) is 19.2 Å². The van der Waals surface area contributed by atoms with Crippen LogP contribution in [-0.4, -0.2) is 47.2 Å². The van der Waals surface area contributed by atoms with E-state index < -0.39 is 6.10 Å². The van der Waals surface area contributed by atoms with Crippen LogP contribution < -0.4 is 5.32 Å². The van der Waals surface area contributed by atoms with E-state index in [4.69, 9.17) is 9.26 Å². The molecule has 0 aromatic carbocycles. The lowest BCUT2D eigenvalue weighted by molar-refractivity contribution is -0.0305. The van der Waals surface area contributed by atoms with E-state index in [1.54, 1.807) is 0 Å². The molecular formula is C14H25N3O3. The summed E-state index contributed by atoms with van der Waals surface area (Å²) in [5.74, 6) is 1.36. The molecule has 2 N–H and O–H groups in total. The van der Waals surface area contributed by atoms with Gasteiger partial charge < -0.3 is 19.7 Å². The number of hydrogen-bond acceptors (Lipinski definition) is 6. The SMILES string of the molecule is CC1CCCC(OCC(O)CNCCc2ncno2)C1. The maximum absolute atomic E-state index is 9.86. The van der Waals surface area contributed by atoms with Crippen molar-refractivity contribution >= 4 is 0 Å². The standard InChI is InChI=1S/C14H25N3O3/c1-11-3-2-4-13(7-11)19-9-12(18)8-15-6-5-14-16-10-17-20-14/h10-13,15,18H,2-9H2,1H3. The molecule has 1 aliphatic carbocycles. The summed E-state index contributed by atoms with van der Waals surface area (Å²) in [6.07, 6.45) is 6.72. The fourth-order valence-electron chi connectivity index (χ4n) is 2.61. The van der Waals surface area contributed by atoms with Crippen molar-refractivity contribution in [2.75, 3.05) is 19.7 Å². The fourth-order valence-corrected chi connectivity index (χ4v) is 2.61. The molecule has 0 amide bonds. The first-order valence-electron chi connectivity index (χ1n) is 7.50. The van der Waals surface area contributed by atoms with Gasteiger partial charge in [0, 0.05) is 19.5 Å². The van der Waals surface area contributed by atoms with Gasteiger partial charge in [-0.05, 0) is 18.8 Å². The zero-order valence-electron chi connectivity index (χ0n) is 12.1. The zero-order valence-corrected chi connectivity index (χ0v) is 12.1. The van der Waals surface area contributed by atoms with Crippen LogP contribution in [-0.2, 0) is 11.2 Å². The molecule has 1 saturated carbocycles. The quantitative estimate of drug-likeness (QED) is 0.697. The lowest BCUT2D eigenvalue weighted by Gasteiger charge is -2.27. The van der Waals surface area contributed by atoms with Crippen LogP contribution in [0.1, 0.15) is 38.5 Å². The van der Waals surface area contributed by atoms with Gasteiger partial charge in [0.1, 0.15) is 0 Å². The average molecular weight is 283 g/mol. The second kappa shape index (κ2) is 8.34. The summed E-state index contributed by atoms with van der Waals surface area (Å²) >= 11 is 0. The van der Waals surface area contributed by atoms with Crippen molar-refractivity contribution in [2.45, 2.75) is 51.2 Å². The normalized spacial score (nSPS) is 24.7. The Hall–Kier alpha value is -0.980. The highest BCUT2D eigenvalue weighted by Crippen LogP contribution is 2.25. The van der Waals surface area contributed by atoms with E-state index in [9.17, 15) is 5.11 Å². The molecule has 20 heavy (non-hydrogen) atoms. The first-order valence-corrected chi connectivity index (χ1v) is 7.50. The van der Waals surface area contributed by atoms with Gasteiger partial charge in [0.05, 0.1) is 18.8 Å². The molecule has 0 saturated heterocycles. The number of hydrogen-bond donors (Lipinski definition) is 2. The molecule has 1 aromatic rings. The van der Waals surface area contributed by atoms with Crippen molar-refractivity contribution in [2.24, 2.45) is 5.92 Å². The number of nitrogens with zero attached hydrogens (tertiary/aromatic N) is 2. The van der Waals surface area contributed by atoms with Gasteiger partial charge in [-0.25, -0.2) is 0 Å². The molecule has 0 spiro atoms. The van der Waals surface area contributed by atoms with Crippen molar-refractivity contribution in [3.05, 3.63) is 12.2 Å². The van der Waals surface area contributed by atoms with Crippen LogP contribution in [0.3, 0.4) is 0 Å². The minimum atomic E-state index is -0.463. The third kappa shape index (κ3) is 5.56. The largest absolute Gasteiger partial charge is 0.389 e.